The van der Waals surface area contributed by atoms with E-state index in [-0.39, 0.29) is 0 Å². The van der Waals surface area contributed by atoms with Gasteiger partial charge in [0.1, 0.15) is 0 Å². The van der Waals surface area contributed by atoms with Crippen LogP contribution in [-0.2, 0) is 33.1 Å². The molecule has 0 heterocycles. The minimum absolute atomic E-state index is 0.715. The first-order valence-electron chi connectivity index (χ1n) is 8.78. The molecule has 0 aliphatic carbocycles. The normalized spacial score (nSPS) is 10.9. The predicted molar refractivity (Wildman–Crippen MR) is 118 cm³/mol. The van der Waals surface area contributed by atoms with Gasteiger partial charge in [-0.15, -0.1) is 0 Å². The third-order valence-electron chi connectivity index (χ3n) is 3.39. The topological polar surface area (TPSA) is 161 Å². The van der Waals surface area contributed by atoms with Crippen molar-refractivity contribution in [2.24, 2.45) is 0 Å². The molecule has 0 atom stereocenters. The number of rotatable bonds is 6. The second-order valence-electron chi connectivity index (χ2n) is 6.51. The van der Waals surface area contributed by atoms with E-state index < -0.39 is 20.2 Å². The van der Waals surface area contributed by atoms with Crippen molar-refractivity contribution in [2.45, 2.75) is 32.1 Å². The molecule has 2 aromatic rings. The number of nitrogens with two attached hydrogens (primary N) is 2. The van der Waals surface area contributed by atoms with Gasteiger partial charge >= 0.3 is 0 Å². The van der Waals surface area contributed by atoms with Crippen molar-refractivity contribution >= 4 is 31.6 Å². The minimum atomic E-state index is -3.67. The van der Waals surface area contributed by atoms with E-state index in [0.29, 0.717) is 12.5 Å². The van der Waals surface area contributed by atoms with Gasteiger partial charge in [0.25, 0.3) is 20.2 Å². The average molecular weight is 447 g/mol. The van der Waals surface area contributed by atoms with Gasteiger partial charge in [0, 0.05) is 11.4 Å². The third-order valence-corrected chi connectivity index (χ3v) is 3.39. The molecule has 0 aliphatic rings. The van der Waals surface area contributed by atoms with Crippen LogP contribution in [-0.4, -0.2) is 38.5 Å². The first-order chi connectivity index (χ1) is 13.2. The van der Waals surface area contributed by atoms with E-state index in [9.17, 15) is 16.8 Å². The monoisotopic (exact) mass is 446 g/mol. The summed E-state index contributed by atoms with van der Waals surface area (Å²) in [4.78, 5) is 0. The zero-order chi connectivity index (χ0) is 22.5. The summed E-state index contributed by atoms with van der Waals surface area (Å²) in [7, 11) is -7.33. The van der Waals surface area contributed by atoms with E-state index in [4.69, 9.17) is 20.6 Å². The van der Waals surface area contributed by atoms with Gasteiger partial charge in [0.05, 0.1) is 12.5 Å². The Morgan fingerprint density at radius 2 is 0.862 bits per heavy atom. The average Bonchev–Trinajstić information content (AvgIpc) is 2.55. The van der Waals surface area contributed by atoms with E-state index in [2.05, 4.69) is 24.3 Å². The van der Waals surface area contributed by atoms with E-state index >= 15 is 0 Å². The fraction of sp³-hybridized carbons (Fsp3) is 0.368. The van der Waals surface area contributed by atoms with Crippen molar-refractivity contribution in [1.82, 2.24) is 0 Å². The predicted octanol–water partition coefficient (Wildman–Crippen LogP) is 2.81. The Kier molecular flexibility index (Phi) is 12.2. The Bertz CT molecular complexity index is 817. The van der Waals surface area contributed by atoms with Gasteiger partial charge in [0.15, 0.2) is 0 Å². The van der Waals surface area contributed by atoms with E-state index in [1.807, 2.05) is 24.3 Å². The molecule has 29 heavy (non-hydrogen) atoms. The van der Waals surface area contributed by atoms with E-state index in [1.165, 1.54) is 30.4 Å². The smallest absolute Gasteiger partial charge is 0.261 e. The molecule has 0 spiro atoms. The van der Waals surface area contributed by atoms with Crippen LogP contribution in [0.5, 0.6) is 0 Å². The molecule has 0 radical (unpaired) electrons. The highest BCUT2D eigenvalue weighted by Crippen LogP contribution is 2.12. The number of aryl methyl sites for hydroxylation is 2. The Hall–Kier alpha value is -2.14. The largest absolute Gasteiger partial charge is 0.399 e. The molecule has 2 aromatic carbocycles. The van der Waals surface area contributed by atoms with Crippen LogP contribution < -0.4 is 11.5 Å². The Labute approximate surface area is 173 Å². The molecule has 8 nitrogen and oxygen atoms in total. The summed E-state index contributed by atoms with van der Waals surface area (Å²) in [6, 6.07) is 16.4. The SMILES string of the molecule is CS(=O)(=O)O.CS(=O)(=O)O.Nc1ccc(CCCCCc2ccc(N)cc2)cc1. The van der Waals surface area contributed by atoms with Crippen LogP contribution in [0.1, 0.15) is 30.4 Å². The molecule has 0 fully saturated rings. The van der Waals surface area contributed by atoms with E-state index in [1.54, 1.807) is 0 Å². The minimum Gasteiger partial charge on any atom is -0.399 e. The van der Waals surface area contributed by atoms with Crippen LogP contribution in [0.2, 0.25) is 0 Å². The number of nitrogen functional groups attached to an aromatic ring is 2. The Morgan fingerprint density at radius 3 is 1.10 bits per heavy atom. The molecule has 0 aliphatic heterocycles. The lowest BCUT2D eigenvalue weighted by Crippen LogP contribution is -1.91. The maximum Gasteiger partial charge on any atom is 0.261 e. The summed E-state index contributed by atoms with van der Waals surface area (Å²) in [5.41, 5.74) is 15.8. The lowest BCUT2D eigenvalue weighted by Gasteiger charge is -2.04. The zero-order valence-corrected chi connectivity index (χ0v) is 18.3. The number of hydrogen-bond donors (Lipinski definition) is 4. The summed E-state index contributed by atoms with van der Waals surface area (Å²) in [5, 5.41) is 0. The molecule has 0 amide bonds. The Balaban J connectivity index is 0.000000653. The van der Waals surface area contributed by atoms with Gasteiger partial charge in [-0.05, 0) is 61.1 Å². The quantitative estimate of drug-likeness (QED) is 0.299. The Morgan fingerprint density at radius 1 is 0.621 bits per heavy atom. The highest BCUT2D eigenvalue weighted by molar-refractivity contribution is 7.85. The standard InChI is InChI=1S/C17H22N2.2CH4O3S/c18-16-10-6-14(7-11-16)4-2-1-3-5-15-8-12-17(19)13-9-15;2*1-5(2,3)4/h6-13H,1-5,18-19H2;2*1H3,(H,2,3,4). The van der Waals surface area contributed by atoms with Gasteiger partial charge in [-0.3, -0.25) is 9.11 Å². The molecule has 0 saturated carbocycles. The van der Waals surface area contributed by atoms with Crippen LogP contribution in [0.15, 0.2) is 48.5 Å². The summed E-state index contributed by atoms with van der Waals surface area (Å²) in [6.45, 7) is 0. The van der Waals surface area contributed by atoms with Crippen molar-refractivity contribution in [3.63, 3.8) is 0 Å². The van der Waals surface area contributed by atoms with Gasteiger partial charge in [-0.1, -0.05) is 30.7 Å². The van der Waals surface area contributed by atoms with Gasteiger partial charge in [-0.2, -0.15) is 16.8 Å². The van der Waals surface area contributed by atoms with Crippen LogP contribution in [0.4, 0.5) is 11.4 Å². The highest BCUT2D eigenvalue weighted by atomic mass is 32.2. The van der Waals surface area contributed by atoms with Gasteiger partial charge in [0.2, 0.25) is 0 Å². The summed E-state index contributed by atoms with van der Waals surface area (Å²) >= 11 is 0. The summed E-state index contributed by atoms with van der Waals surface area (Å²) in [6.07, 6.45) is 7.44. The number of hydrogen-bond acceptors (Lipinski definition) is 6. The molecule has 0 unspecified atom stereocenters. The maximum absolute atomic E-state index is 9.19. The number of unbranched alkanes of at least 4 members (excludes halogenated alkanes) is 2. The fourth-order valence-electron chi connectivity index (χ4n) is 2.20. The van der Waals surface area contributed by atoms with Crippen molar-refractivity contribution in [3.05, 3.63) is 59.7 Å². The molecular weight excluding hydrogens is 416 g/mol. The van der Waals surface area contributed by atoms with Gasteiger partial charge < -0.3 is 11.5 Å². The molecule has 0 saturated heterocycles. The maximum atomic E-state index is 9.19. The van der Waals surface area contributed by atoms with Crippen LogP contribution >= 0.6 is 0 Å². The summed E-state index contributed by atoms with van der Waals surface area (Å²) in [5.74, 6) is 0. The zero-order valence-electron chi connectivity index (χ0n) is 16.7. The number of anilines is 2. The first-order valence-corrected chi connectivity index (χ1v) is 12.5. The van der Waals surface area contributed by atoms with Crippen molar-refractivity contribution < 1.29 is 25.9 Å². The highest BCUT2D eigenvalue weighted by Gasteiger charge is 1.96. The van der Waals surface area contributed by atoms with Crippen molar-refractivity contribution in [3.8, 4) is 0 Å². The van der Waals surface area contributed by atoms with Crippen LogP contribution in [0.3, 0.4) is 0 Å². The number of benzene rings is 2. The van der Waals surface area contributed by atoms with Crippen LogP contribution in [0.25, 0.3) is 0 Å². The molecule has 6 N–H and O–H groups in total. The molecule has 0 bridgehead atoms. The second-order valence-corrected chi connectivity index (χ2v) is 9.44. The first kappa shape index (κ1) is 26.9. The van der Waals surface area contributed by atoms with Crippen LogP contribution in [0, 0.1) is 0 Å². The van der Waals surface area contributed by atoms with Crippen molar-refractivity contribution in [1.29, 1.82) is 0 Å². The lowest BCUT2D eigenvalue weighted by molar-refractivity contribution is 0.488. The lowest BCUT2D eigenvalue weighted by atomic mass is 10.0. The molecular formula is C19H30N2O6S2. The third kappa shape index (κ3) is 22.0. The summed E-state index contributed by atoms with van der Waals surface area (Å²) < 4.78 is 51.7. The molecule has 0 aromatic heterocycles. The molecule has 164 valence electrons. The molecule has 10 heteroatoms. The fourth-order valence-corrected chi connectivity index (χ4v) is 2.20. The van der Waals surface area contributed by atoms with E-state index in [0.717, 1.165) is 24.2 Å². The second kappa shape index (κ2) is 13.2. The molecule has 2 rings (SSSR count). The van der Waals surface area contributed by atoms with Crippen molar-refractivity contribution in [2.75, 3.05) is 24.0 Å². The van der Waals surface area contributed by atoms with Gasteiger partial charge in [-0.25, -0.2) is 0 Å².